The minimum atomic E-state index is -0.0695. The van der Waals surface area contributed by atoms with Crippen molar-refractivity contribution in [2.45, 2.75) is 46.1 Å². The lowest BCUT2D eigenvalue weighted by atomic mass is 10.00. The van der Waals surface area contributed by atoms with Crippen molar-refractivity contribution in [1.82, 2.24) is 0 Å². The maximum absolute atomic E-state index is 9.16. The molecule has 0 bridgehead atoms. The normalized spacial score (nSPS) is 17.3. The van der Waals surface area contributed by atoms with E-state index >= 15 is 0 Å². The molecule has 9 heavy (non-hydrogen) atoms. The molecule has 0 heterocycles. The van der Waals surface area contributed by atoms with Crippen molar-refractivity contribution in [2.24, 2.45) is 5.92 Å². The van der Waals surface area contributed by atoms with Crippen molar-refractivity contribution in [3.63, 3.8) is 0 Å². The smallest absolute Gasteiger partial charge is 0.0540 e. The Labute approximate surface area is 58.1 Å². The molecule has 0 aliphatic rings. The molecule has 2 unspecified atom stereocenters. The van der Waals surface area contributed by atoms with Gasteiger partial charge in [-0.1, -0.05) is 27.2 Å². The molecule has 1 nitrogen and oxygen atoms in total. The molecule has 0 aliphatic heterocycles. The number of rotatable bonds is 4. The van der Waals surface area contributed by atoms with Crippen molar-refractivity contribution in [1.29, 1.82) is 0 Å². The summed E-state index contributed by atoms with van der Waals surface area (Å²) in [4.78, 5) is 0. The predicted molar refractivity (Wildman–Crippen MR) is 40.4 cm³/mol. The highest BCUT2D eigenvalue weighted by Crippen LogP contribution is 2.10. The first-order chi connectivity index (χ1) is 4.20. The SMILES string of the molecule is CCC(C)CC(O)CC. The fourth-order valence-electron chi connectivity index (χ4n) is 0.798. The lowest BCUT2D eigenvalue weighted by molar-refractivity contribution is 0.140. The topological polar surface area (TPSA) is 20.2 Å². The van der Waals surface area contributed by atoms with E-state index in [2.05, 4.69) is 13.8 Å². The van der Waals surface area contributed by atoms with Gasteiger partial charge >= 0.3 is 0 Å². The Morgan fingerprint density at radius 2 is 1.78 bits per heavy atom. The van der Waals surface area contributed by atoms with Crippen molar-refractivity contribution in [3.05, 3.63) is 0 Å². The summed E-state index contributed by atoms with van der Waals surface area (Å²) >= 11 is 0. The van der Waals surface area contributed by atoms with E-state index in [1.807, 2.05) is 6.92 Å². The van der Waals surface area contributed by atoms with Gasteiger partial charge in [-0.25, -0.2) is 0 Å². The Balaban J connectivity index is 3.22. The number of aliphatic hydroxyl groups excluding tert-OH is 1. The van der Waals surface area contributed by atoms with Gasteiger partial charge in [0.25, 0.3) is 0 Å². The number of aliphatic hydroxyl groups is 1. The molecule has 0 aromatic carbocycles. The van der Waals surface area contributed by atoms with Gasteiger partial charge in [-0.3, -0.25) is 0 Å². The van der Waals surface area contributed by atoms with Crippen LogP contribution in [0.2, 0.25) is 0 Å². The summed E-state index contributed by atoms with van der Waals surface area (Å²) in [7, 11) is 0. The molecule has 0 fully saturated rings. The van der Waals surface area contributed by atoms with Gasteiger partial charge in [-0.15, -0.1) is 0 Å². The minimum Gasteiger partial charge on any atom is -0.393 e. The summed E-state index contributed by atoms with van der Waals surface area (Å²) < 4.78 is 0. The van der Waals surface area contributed by atoms with Gasteiger partial charge < -0.3 is 5.11 Å². The second-order valence-corrected chi connectivity index (χ2v) is 2.81. The Kier molecular flexibility index (Phi) is 4.78. The van der Waals surface area contributed by atoms with Crippen LogP contribution in [-0.4, -0.2) is 11.2 Å². The monoisotopic (exact) mass is 130 g/mol. The number of hydrogen-bond donors (Lipinski definition) is 1. The van der Waals surface area contributed by atoms with Gasteiger partial charge in [-0.2, -0.15) is 0 Å². The molecular formula is C8H18O. The molecule has 1 N–H and O–H groups in total. The van der Waals surface area contributed by atoms with Crippen LogP contribution in [0.25, 0.3) is 0 Å². The van der Waals surface area contributed by atoms with Crippen LogP contribution < -0.4 is 0 Å². The van der Waals surface area contributed by atoms with Gasteiger partial charge in [0.15, 0.2) is 0 Å². The van der Waals surface area contributed by atoms with Crippen molar-refractivity contribution < 1.29 is 5.11 Å². The summed E-state index contributed by atoms with van der Waals surface area (Å²) in [6.45, 7) is 6.36. The standard InChI is InChI=1S/C8H18O/c1-4-7(3)6-8(9)5-2/h7-9H,4-6H2,1-3H3. The molecule has 0 radical (unpaired) electrons. The van der Waals surface area contributed by atoms with Crippen molar-refractivity contribution in [2.75, 3.05) is 0 Å². The largest absolute Gasteiger partial charge is 0.393 e. The highest BCUT2D eigenvalue weighted by Gasteiger charge is 2.04. The first kappa shape index (κ1) is 8.96. The predicted octanol–water partition coefficient (Wildman–Crippen LogP) is 2.19. The van der Waals surface area contributed by atoms with Gasteiger partial charge in [0.05, 0.1) is 6.10 Å². The average molecular weight is 130 g/mol. The Bertz CT molecular complexity index is 53.6. The van der Waals surface area contributed by atoms with Crippen LogP contribution in [0.4, 0.5) is 0 Å². The van der Waals surface area contributed by atoms with E-state index in [1.54, 1.807) is 0 Å². The minimum absolute atomic E-state index is 0.0695. The lowest BCUT2D eigenvalue weighted by Gasteiger charge is -2.11. The molecule has 56 valence electrons. The molecule has 2 atom stereocenters. The van der Waals surface area contributed by atoms with E-state index in [-0.39, 0.29) is 6.10 Å². The maximum Gasteiger partial charge on any atom is 0.0540 e. The third-order valence-corrected chi connectivity index (χ3v) is 1.84. The van der Waals surface area contributed by atoms with Crippen molar-refractivity contribution >= 4 is 0 Å². The van der Waals surface area contributed by atoms with Gasteiger partial charge in [0, 0.05) is 0 Å². The van der Waals surface area contributed by atoms with Crippen LogP contribution in [0.3, 0.4) is 0 Å². The van der Waals surface area contributed by atoms with Crippen LogP contribution in [0.1, 0.15) is 40.0 Å². The molecule has 0 rings (SSSR count). The quantitative estimate of drug-likeness (QED) is 0.618. The van der Waals surface area contributed by atoms with Crippen molar-refractivity contribution in [3.8, 4) is 0 Å². The Hall–Kier alpha value is -0.0400. The maximum atomic E-state index is 9.16. The molecule has 0 saturated carbocycles. The van der Waals surface area contributed by atoms with E-state index in [9.17, 15) is 0 Å². The zero-order valence-corrected chi connectivity index (χ0v) is 6.72. The summed E-state index contributed by atoms with van der Waals surface area (Å²) in [5, 5.41) is 9.16. The molecular weight excluding hydrogens is 112 g/mol. The second-order valence-electron chi connectivity index (χ2n) is 2.81. The third kappa shape index (κ3) is 4.46. The molecule has 0 spiro atoms. The zero-order chi connectivity index (χ0) is 7.28. The molecule has 0 amide bonds. The molecule has 1 heteroatoms. The van der Waals surface area contributed by atoms with Gasteiger partial charge in [0.2, 0.25) is 0 Å². The molecule has 0 aromatic rings. The summed E-state index contributed by atoms with van der Waals surface area (Å²) in [6.07, 6.45) is 2.97. The van der Waals surface area contributed by atoms with E-state index in [0.717, 1.165) is 12.8 Å². The van der Waals surface area contributed by atoms with Crippen LogP contribution >= 0.6 is 0 Å². The van der Waals surface area contributed by atoms with Gasteiger partial charge in [0.1, 0.15) is 0 Å². The van der Waals surface area contributed by atoms with E-state index < -0.39 is 0 Å². The van der Waals surface area contributed by atoms with E-state index in [0.29, 0.717) is 5.92 Å². The highest BCUT2D eigenvalue weighted by atomic mass is 16.3. The van der Waals surface area contributed by atoms with Crippen LogP contribution in [0, 0.1) is 5.92 Å². The van der Waals surface area contributed by atoms with Crippen LogP contribution in [0.15, 0.2) is 0 Å². The van der Waals surface area contributed by atoms with E-state index in [1.165, 1.54) is 6.42 Å². The average Bonchev–Trinajstić information content (AvgIpc) is 1.87. The Morgan fingerprint density at radius 3 is 2.11 bits per heavy atom. The molecule has 0 aliphatic carbocycles. The first-order valence-electron chi connectivity index (χ1n) is 3.88. The zero-order valence-electron chi connectivity index (χ0n) is 6.72. The lowest BCUT2D eigenvalue weighted by Crippen LogP contribution is -2.09. The Morgan fingerprint density at radius 1 is 1.22 bits per heavy atom. The summed E-state index contributed by atoms with van der Waals surface area (Å²) in [5.74, 6) is 0.681. The summed E-state index contributed by atoms with van der Waals surface area (Å²) in [5.41, 5.74) is 0. The van der Waals surface area contributed by atoms with Crippen LogP contribution in [0.5, 0.6) is 0 Å². The number of hydrogen-bond acceptors (Lipinski definition) is 1. The van der Waals surface area contributed by atoms with Gasteiger partial charge in [-0.05, 0) is 18.8 Å². The fourth-order valence-corrected chi connectivity index (χ4v) is 0.798. The third-order valence-electron chi connectivity index (χ3n) is 1.84. The van der Waals surface area contributed by atoms with Crippen LogP contribution in [-0.2, 0) is 0 Å². The molecule has 0 aromatic heterocycles. The summed E-state index contributed by atoms with van der Waals surface area (Å²) in [6, 6.07) is 0. The fraction of sp³-hybridized carbons (Fsp3) is 1.00. The first-order valence-corrected chi connectivity index (χ1v) is 3.88. The van der Waals surface area contributed by atoms with E-state index in [4.69, 9.17) is 5.11 Å². The highest BCUT2D eigenvalue weighted by molar-refractivity contribution is 4.57. The molecule has 0 saturated heterocycles. The second kappa shape index (κ2) is 4.80.